The van der Waals surface area contributed by atoms with Gasteiger partial charge in [0.15, 0.2) is 0 Å². The molecular formula is C16H24N4O3. The number of piperidine rings is 1. The minimum absolute atomic E-state index is 0.112. The lowest BCUT2D eigenvalue weighted by molar-refractivity contribution is -0.123. The molecule has 0 aliphatic carbocycles. The van der Waals surface area contributed by atoms with Crippen LogP contribution in [0.15, 0.2) is 18.3 Å². The van der Waals surface area contributed by atoms with Crippen LogP contribution in [0.2, 0.25) is 0 Å². The highest BCUT2D eigenvalue weighted by molar-refractivity contribution is 5.78. The number of amides is 3. The second-order valence-corrected chi connectivity index (χ2v) is 5.68. The number of pyridine rings is 1. The largest absolute Gasteiger partial charge is 0.478 e. The first-order chi connectivity index (χ1) is 11.1. The molecule has 23 heavy (non-hydrogen) atoms. The molecule has 0 spiro atoms. The van der Waals surface area contributed by atoms with Gasteiger partial charge < -0.3 is 20.7 Å². The van der Waals surface area contributed by atoms with Gasteiger partial charge in [0.25, 0.3) is 0 Å². The third-order valence-corrected chi connectivity index (χ3v) is 3.88. The van der Waals surface area contributed by atoms with Crippen LogP contribution in [-0.2, 0) is 11.3 Å². The average molecular weight is 320 g/mol. The monoisotopic (exact) mass is 320 g/mol. The van der Waals surface area contributed by atoms with Gasteiger partial charge in [0, 0.05) is 37.8 Å². The Balaban J connectivity index is 1.75. The Hall–Kier alpha value is -2.31. The molecule has 3 amide bonds. The molecule has 1 aromatic rings. The van der Waals surface area contributed by atoms with Gasteiger partial charge in [-0.05, 0) is 24.8 Å². The van der Waals surface area contributed by atoms with Gasteiger partial charge in [-0.25, -0.2) is 9.78 Å². The highest BCUT2D eigenvalue weighted by Crippen LogP contribution is 2.16. The van der Waals surface area contributed by atoms with Crippen LogP contribution in [0.3, 0.4) is 0 Å². The molecule has 1 saturated heterocycles. The van der Waals surface area contributed by atoms with Crippen LogP contribution in [0.1, 0.15) is 31.7 Å². The van der Waals surface area contributed by atoms with Crippen molar-refractivity contribution in [1.82, 2.24) is 15.2 Å². The first-order valence-electron chi connectivity index (χ1n) is 8.00. The predicted molar refractivity (Wildman–Crippen MR) is 85.8 cm³/mol. The molecule has 7 heteroatoms. The Morgan fingerprint density at radius 2 is 2.13 bits per heavy atom. The fourth-order valence-electron chi connectivity index (χ4n) is 2.46. The maximum atomic E-state index is 12.1. The van der Waals surface area contributed by atoms with Crippen molar-refractivity contribution in [3.8, 4) is 5.88 Å². The number of nitrogens with two attached hydrogens (primary N) is 1. The van der Waals surface area contributed by atoms with E-state index in [9.17, 15) is 9.59 Å². The van der Waals surface area contributed by atoms with Gasteiger partial charge in [0.05, 0.1) is 6.61 Å². The molecule has 1 aromatic heterocycles. The summed E-state index contributed by atoms with van der Waals surface area (Å²) >= 11 is 0. The van der Waals surface area contributed by atoms with E-state index in [1.807, 2.05) is 13.0 Å². The van der Waals surface area contributed by atoms with Gasteiger partial charge in [0.2, 0.25) is 11.8 Å². The standard InChI is InChI=1S/C16H24N4O3/c1-2-9-23-14-4-3-12(10-18-14)11-19-16(22)20-7-5-13(6-8-20)15(17)21/h3-4,10,13H,2,5-9,11H2,1H3,(H2,17,21)(H,19,22). The summed E-state index contributed by atoms with van der Waals surface area (Å²) in [6.07, 6.45) is 3.90. The van der Waals surface area contributed by atoms with E-state index >= 15 is 0 Å². The third-order valence-electron chi connectivity index (χ3n) is 3.88. The van der Waals surface area contributed by atoms with Crippen molar-refractivity contribution >= 4 is 11.9 Å². The van der Waals surface area contributed by atoms with E-state index in [0.717, 1.165) is 12.0 Å². The number of rotatable bonds is 6. The van der Waals surface area contributed by atoms with Crippen molar-refractivity contribution in [3.63, 3.8) is 0 Å². The summed E-state index contributed by atoms with van der Waals surface area (Å²) in [5.41, 5.74) is 6.20. The third kappa shape index (κ3) is 5.12. The number of aromatic nitrogens is 1. The van der Waals surface area contributed by atoms with Crippen LogP contribution in [0.25, 0.3) is 0 Å². The number of carbonyl (C=O) groups excluding carboxylic acids is 2. The summed E-state index contributed by atoms with van der Waals surface area (Å²) < 4.78 is 5.42. The molecule has 0 bridgehead atoms. The van der Waals surface area contributed by atoms with Crippen LogP contribution in [0.5, 0.6) is 5.88 Å². The van der Waals surface area contributed by atoms with Crippen LogP contribution in [-0.4, -0.2) is 41.5 Å². The SMILES string of the molecule is CCCOc1ccc(CNC(=O)N2CCC(C(N)=O)CC2)cn1. The highest BCUT2D eigenvalue weighted by atomic mass is 16.5. The van der Waals surface area contributed by atoms with Crippen LogP contribution in [0, 0.1) is 5.92 Å². The summed E-state index contributed by atoms with van der Waals surface area (Å²) in [4.78, 5) is 29.1. The zero-order valence-electron chi connectivity index (χ0n) is 13.5. The van der Waals surface area contributed by atoms with Gasteiger partial charge in [-0.15, -0.1) is 0 Å². The molecule has 2 rings (SSSR count). The first-order valence-corrected chi connectivity index (χ1v) is 8.00. The lowest BCUT2D eigenvalue weighted by atomic mass is 9.96. The molecule has 7 nitrogen and oxygen atoms in total. The van der Waals surface area contributed by atoms with Crippen molar-refractivity contribution in [1.29, 1.82) is 0 Å². The maximum Gasteiger partial charge on any atom is 0.317 e. The van der Waals surface area contributed by atoms with Gasteiger partial charge in [-0.3, -0.25) is 4.79 Å². The van der Waals surface area contributed by atoms with Crippen LogP contribution in [0.4, 0.5) is 4.79 Å². The topological polar surface area (TPSA) is 97.5 Å². The number of hydrogen-bond acceptors (Lipinski definition) is 4. The Kier molecular flexibility index (Phi) is 6.19. The number of likely N-dealkylation sites (tertiary alicyclic amines) is 1. The Labute approximate surface area is 136 Å². The zero-order chi connectivity index (χ0) is 16.7. The van der Waals surface area contributed by atoms with E-state index in [0.29, 0.717) is 45.0 Å². The van der Waals surface area contributed by atoms with Crippen molar-refractivity contribution in [2.75, 3.05) is 19.7 Å². The number of nitrogens with zero attached hydrogens (tertiary/aromatic N) is 2. The minimum atomic E-state index is -0.276. The Bertz CT molecular complexity index is 525. The molecule has 2 heterocycles. The molecule has 1 aliphatic rings. The van der Waals surface area contributed by atoms with Crippen molar-refractivity contribution in [2.24, 2.45) is 11.7 Å². The molecule has 0 aromatic carbocycles. The predicted octanol–water partition coefficient (Wildman–Crippen LogP) is 1.28. The summed E-state index contributed by atoms with van der Waals surface area (Å²) in [7, 11) is 0. The van der Waals surface area contributed by atoms with Gasteiger partial charge >= 0.3 is 6.03 Å². The molecule has 1 fully saturated rings. The van der Waals surface area contributed by atoms with E-state index < -0.39 is 0 Å². The normalized spacial score (nSPS) is 15.3. The smallest absolute Gasteiger partial charge is 0.317 e. The minimum Gasteiger partial charge on any atom is -0.478 e. The number of primary amides is 1. The second-order valence-electron chi connectivity index (χ2n) is 5.68. The van der Waals surface area contributed by atoms with Gasteiger partial charge in [-0.1, -0.05) is 13.0 Å². The summed E-state index contributed by atoms with van der Waals surface area (Å²) in [5, 5.41) is 2.87. The zero-order valence-corrected chi connectivity index (χ0v) is 13.5. The maximum absolute atomic E-state index is 12.1. The molecule has 0 unspecified atom stereocenters. The Morgan fingerprint density at radius 1 is 1.39 bits per heavy atom. The average Bonchev–Trinajstić information content (AvgIpc) is 2.58. The van der Waals surface area contributed by atoms with Crippen molar-refractivity contribution < 1.29 is 14.3 Å². The number of hydrogen-bond donors (Lipinski definition) is 2. The van der Waals surface area contributed by atoms with Crippen molar-refractivity contribution in [3.05, 3.63) is 23.9 Å². The molecule has 0 atom stereocenters. The van der Waals surface area contributed by atoms with Crippen molar-refractivity contribution in [2.45, 2.75) is 32.7 Å². The molecule has 0 saturated carbocycles. The quantitative estimate of drug-likeness (QED) is 0.825. The fraction of sp³-hybridized carbons (Fsp3) is 0.562. The number of carbonyl (C=O) groups is 2. The van der Waals surface area contributed by atoms with E-state index in [-0.39, 0.29) is 17.9 Å². The molecule has 3 N–H and O–H groups in total. The molecule has 0 radical (unpaired) electrons. The second kappa shape index (κ2) is 8.36. The van der Waals surface area contributed by atoms with Gasteiger partial charge in [-0.2, -0.15) is 0 Å². The number of nitrogens with one attached hydrogen (secondary N) is 1. The van der Waals surface area contributed by atoms with Crippen LogP contribution >= 0.6 is 0 Å². The van der Waals surface area contributed by atoms with E-state index in [4.69, 9.17) is 10.5 Å². The highest BCUT2D eigenvalue weighted by Gasteiger charge is 2.25. The van der Waals surface area contributed by atoms with E-state index in [1.165, 1.54) is 0 Å². The first kappa shape index (κ1) is 17.1. The number of ether oxygens (including phenoxy) is 1. The van der Waals surface area contributed by atoms with Crippen LogP contribution < -0.4 is 15.8 Å². The summed E-state index contributed by atoms with van der Waals surface area (Å²) in [6.45, 7) is 4.21. The summed E-state index contributed by atoms with van der Waals surface area (Å²) in [5.74, 6) is 0.205. The number of urea groups is 1. The summed E-state index contributed by atoms with van der Waals surface area (Å²) in [6, 6.07) is 3.56. The molecule has 1 aliphatic heterocycles. The lowest BCUT2D eigenvalue weighted by Gasteiger charge is -2.30. The van der Waals surface area contributed by atoms with E-state index in [2.05, 4.69) is 10.3 Å². The molecular weight excluding hydrogens is 296 g/mol. The van der Waals surface area contributed by atoms with Gasteiger partial charge in [0.1, 0.15) is 0 Å². The van der Waals surface area contributed by atoms with E-state index in [1.54, 1.807) is 17.2 Å². The fourth-order valence-corrected chi connectivity index (χ4v) is 2.46. The Morgan fingerprint density at radius 3 is 2.70 bits per heavy atom. The molecule has 126 valence electrons. The lowest BCUT2D eigenvalue weighted by Crippen LogP contribution is -2.46.